The zero-order valence-electron chi connectivity index (χ0n) is 10.5. The van der Waals surface area contributed by atoms with Gasteiger partial charge in [0, 0.05) is 12.2 Å². The van der Waals surface area contributed by atoms with Gasteiger partial charge < -0.3 is 10.1 Å². The van der Waals surface area contributed by atoms with Crippen molar-refractivity contribution in [3.05, 3.63) is 58.1 Å². The fraction of sp³-hybridized carbons (Fsp3) is 0.133. The number of hydrogen-bond acceptors (Lipinski definition) is 3. The molecule has 0 aromatic heterocycles. The van der Waals surface area contributed by atoms with E-state index in [0.29, 0.717) is 12.1 Å². The van der Waals surface area contributed by atoms with Gasteiger partial charge >= 0.3 is 0 Å². The Balaban J connectivity index is 2.02. The molecule has 0 bridgehead atoms. The number of nitrogens with one attached hydrogen (secondary N) is 1. The molecule has 0 radical (unpaired) electrons. The molecule has 2 aromatic carbocycles. The Kier molecular flexibility index (Phi) is 4.43. The minimum absolute atomic E-state index is 0.665. The van der Waals surface area contributed by atoms with E-state index < -0.39 is 0 Å². The molecule has 0 aliphatic carbocycles. The van der Waals surface area contributed by atoms with Gasteiger partial charge in [-0.3, -0.25) is 0 Å². The third-order valence-electron chi connectivity index (χ3n) is 2.73. The molecular weight excluding hydrogens is 304 g/mol. The Morgan fingerprint density at radius 1 is 1.21 bits per heavy atom. The number of rotatable bonds is 4. The zero-order chi connectivity index (χ0) is 13.7. The molecule has 19 heavy (non-hydrogen) atoms. The van der Waals surface area contributed by atoms with Crippen LogP contribution in [0.5, 0.6) is 5.75 Å². The first-order chi connectivity index (χ1) is 9.22. The molecule has 2 rings (SSSR count). The van der Waals surface area contributed by atoms with Crippen LogP contribution in [0.25, 0.3) is 0 Å². The van der Waals surface area contributed by atoms with Crippen LogP contribution in [0.1, 0.15) is 11.1 Å². The maximum Gasteiger partial charge on any atom is 0.133 e. The SMILES string of the molecule is COc1ccc(CNc2ccc(C#N)cc2)cc1Br. The van der Waals surface area contributed by atoms with Crippen LogP contribution in [0.3, 0.4) is 0 Å². The van der Waals surface area contributed by atoms with Crippen molar-refractivity contribution in [2.45, 2.75) is 6.54 Å². The maximum atomic E-state index is 8.73. The number of ether oxygens (including phenoxy) is 1. The highest BCUT2D eigenvalue weighted by Gasteiger charge is 2.01. The molecule has 0 spiro atoms. The minimum atomic E-state index is 0.665. The minimum Gasteiger partial charge on any atom is -0.496 e. The van der Waals surface area contributed by atoms with E-state index >= 15 is 0 Å². The number of benzene rings is 2. The van der Waals surface area contributed by atoms with E-state index in [2.05, 4.69) is 27.3 Å². The number of anilines is 1. The average molecular weight is 317 g/mol. The smallest absolute Gasteiger partial charge is 0.133 e. The summed E-state index contributed by atoms with van der Waals surface area (Å²) in [7, 11) is 1.65. The molecule has 3 nitrogen and oxygen atoms in total. The first-order valence-electron chi connectivity index (χ1n) is 5.79. The Bertz CT molecular complexity index is 603. The Hall–Kier alpha value is -1.99. The quantitative estimate of drug-likeness (QED) is 0.929. The molecule has 1 N–H and O–H groups in total. The Morgan fingerprint density at radius 3 is 2.53 bits per heavy atom. The fourth-order valence-electron chi connectivity index (χ4n) is 1.69. The van der Waals surface area contributed by atoms with E-state index in [-0.39, 0.29) is 0 Å². The van der Waals surface area contributed by atoms with Gasteiger partial charge in [-0.2, -0.15) is 5.26 Å². The standard InChI is InChI=1S/C15H13BrN2O/c1-19-15-7-4-12(8-14(15)16)10-18-13-5-2-11(9-17)3-6-13/h2-8,18H,10H2,1H3. The van der Waals surface area contributed by atoms with Crippen molar-refractivity contribution in [2.24, 2.45) is 0 Å². The summed E-state index contributed by atoms with van der Waals surface area (Å²) < 4.78 is 6.13. The molecule has 2 aromatic rings. The fourth-order valence-corrected chi connectivity index (χ4v) is 2.27. The predicted molar refractivity (Wildman–Crippen MR) is 79.2 cm³/mol. The lowest BCUT2D eigenvalue weighted by molar-refractivity contribution is 0.412. The van der Waals surface area contributed by atoms with Crippen molar-refractivity contribution in [3.63, 3.8) is 0 Å². The summed E-state index contributed by atoms with van der Waals surface area (Å²) in [6.07, 6.45) is 0. The van der Waals surface area contributed by atoms with Crippen LogP contribution in [0.15, 0.2) is 46.9 Å². The number of nitrogens with zero attached hydrogens (tertiary/aromatic N) is 1. The lowest BCUT2D eigenvalue weighted by Gasteiger charge is -2.09. The average Bonchev–Trinajstić information content (AvgIpc) is 2.46. The molecule has 4 heteroatoms. The summed E-state index contributed by atoms with van der Waals surface area (Å²) in [5.41, 5.74) is 2.81. The third-order valence-corrected chi connectivity index (χ3v) is 3.35. The number of nitriles is 1. The van der Waals surface area contributed by atoms with Crippen LogP contribution in [-0.2, 0) is 6.54 Å². The van der Waals surface area contributed by atoms with Crippen LogP contribution < -0.4 is 10.1 Å². The number of hydrogen-bond donors (Lipinski definition) is 1. The van der Waals surface area contributed by atoms with Crippen molar-refractivity contribution in [2.75, 3.05) is 12.4 Å². The Morgan fingerprint density at radius 2 is 1.95 bits per heavy atom. The van der Waals surface area contributed by atoms with Crippen LogP contribution in [0.2, 0.25) is 0 Å². The maximum absolute atomic E-state index is 8.73. The lowest BCUT2D eigenvalue weighted by atomic mass is 10.2. The van der Waals surface area contributed by atoms with Gasteiger partial charge in [0.2, 0.25) is 0 Å². The second-order valence-electron chi connectivity index (χ2n) is 4.01. The van der Waals surface area contributed by atoms with Gasteiger partial charge in [0.1, 0.15) is 5.75 Å². The molecule has 0 aliphatic heterocycles. The second-order valence-corrected chi connectivity index (χ2v) is 4.87. The van der Waals surface area contributed by atoms with Gasteiger partial charge in [-0.25, -0.2) is 0 Å². The number of halogens is 1. The van der Waals surface area contributed by atoms with E-state index in [4.69, 9.17) is 10.00 Å². The topological polar surface area (TPSA) is 45.0 Å². The van der Waals surface area contributed by atoms with Crippen LogP contribution in [-0.4, -0.2) is 7.11 Å². The van der Waals surface area contributed by atoms with Gasteiger partial charge in [0.05, 0.1) is 23.2 Å². The highest BCUT2D eigenvalue weighted by atomic mass is 79.9. The van der Waals surface area contributed by atoms with Gasteiger partial charge in [-0.1, -0.05) is 6.07 Å². The van der Waals surface area contributed by atoms with Crippen molar-refractivity contribution >= 4 is 21.6 Å². The second kappa shape index (κ2) is 6.26. The van der Waals surface area contributed by atoms with E-state index in [0.717, 1.165) is 21.5 Å². The molecule has 0 heterocycles. The first-order valence-corrected chi connectivity index (χ1v) is 6.58. The van der Waals surface area contributed by atoms with Crippen LogP contribution in [0.4, 0.5) is 5.69 Å². The molecule has 0 aliphatic rings. The summed E-state index contributed by atoms with van der Waals surface area (Å²) in [6.45, 7) is 0.717. The molecule has 0 fully saturated rings. The highest BCUT2D eigenvalue weighted by Crippen LogP contribution is 2.25. The lowest BCUT2D eigenvalue weighted by Crippen LogP contribution is -1.99. The third kappa shape index (κ3) is 3.49. The van der Waals surface area contributed by atoms with Crippen molar-refractivity contribution < 1.29 is 4.74 Å². The highest BCUT2D eigenvalue weighted by molar-refractivity contribution is 9.10. The number of methoxy groups -OCH3 is 1. The van der Waals surface area contributed by atoms with Crippen molar-refractivity contribution in [1.29, 1.82) is 5.26 Å². The summed E-state index contributed by atoms with van der Waals surface area (Å²) in [6, 6.07) is 15.5. The monoisotopic (exact) mass is 316 g/mol. The van der Waals surface area contributed by atoms with E-state index in [9.17, 15) is 0 Å². The molecular formula is C15H13BrN2O. The Labute approximate surface area is 121 Å². The van der Waals surface area contributed by atoms with Gasteiger partial charge in [0.25, 0.3) is 0 Å². The van der Waals surface area contributed by atoms with E-state index in [1.54, 1.807) is 19.2 Å². The predicted octanol–water partition coefficient (Wildman–Crippen LogP) is 3.94. The van der Waals surface area contributed by atoms with E-state index in [1.165, 1.54) is 0 Å². The van der Waals surface area contributed by atoms with Gasteiger partial charge in [0.15, 0.2) is 0 Å². The van der Waals surface area contributed by atoms with Crippen molar-refractivity contribution in [3.8, 4) is 11.8 Å². The van der Waals surface area contributed by atoms with E-state index in [1.807, 2.05) is 30.3 Å². The molecule has 0 amide bonds. The summed E-state index contributed by atoms with van der Waals surface area (Å²) >= 11 is 3.46. The largest absolute Gasteiger partial charge is 0.496 e. The van der Waals surface area contributed by atoms with Crippen molar-refractivity contribution in [1.82, 2.24) is 0 Å². The summed E-state index contributed by atoms with van der Waals surface area (Å²) in [5.74, 6) is 0.821. The molecule has 96 valence electrons. The zero-order valence-corrected chi connectivity index (χ0v) is 12.1. The summed E-state index contributed by atoms with van der Waals surface area (Å²) in [4.78, 5) is 0. The molecule has 0 atom stereocenters. The van der Waals surface area contributed by atoms with Gasteiger partial charge in [-0.05, 0) is 57.9 Å². The van der Waals surface area contributed by atoms with Crippen LogP contribution >= 0.6 is 15.9 Å². The first kappa shape index (κ1) is 13.4. The molecule has 0 saturated heterocycles. The molecule has 0 saturated carbocycles. The van der Waals surface area contributed by atoms with Crippen LogP contribution in [0, 0.1) is 11.3 Å². The normalized spacial score (nSPS) is 9.74. The van der Waals surface area contributed by atoms with Gasteiger partial charge in [-0.15, -0.1) is 0 Å². The summed E-state index contributed by atoms with van der Waals surface area (Å²) in [5, 5.41) is 12.0. The molecule has 0 unspecified atom stereocenters.